The van der Waals surface area contributed by atoms with Crippen LogP contribution in [0.5, 0.6) is 0 Å². The van der Waals surface area contributed by atoms with E-state index in [0.717, 1.165) is 5.56 Å². The summed E-state index contributed by atoms with van der Waals surface area (Å²) in [4.78, 5) is 34.9. The number of amides is 2. The van der Waals surface area contributed by atoms with Crippen LogP contribution in [0.15, 0.2) is 30.3 Å². The number of esters is 1. The van der Waals surface area contributed by atoms with Gasteiger partial charge in [0.25, 0.3) is 0 Å². The molecular weight excluding hydrogens is 262 g/mol. The van der Waals surface area contributed by atoms with Gasteiger partial charge in [-0.3, -0.25) is 14.5 Å². The number of rotatable bonds is 6. The van der Waals surface area contributed by atoms with Crippen LogP contribution in [0, 0.1) is 0 Å². The van der Waals surface area contributed by atoms with Gasteiger partial charge in [0, 0.05) is 13.6 Å². The fraction of sp³-hybridized carbons (Fsp3) is 0.308. The van der Waals surface area contributed by atoms with E-state index in [4.69, 9.17) is 5.73 Å². The van der Waals surface area contributed by atoms with E-state index in [9.17, 15) is 14.4 Å². The van der Waals surface area contributed by atoms with Crippen LogP contribution in [-0.2, 0) is 20.9 Å². The molecule has 0 saturated heterocycles. The Morgan fingerprint density at radius 2 is 1.85 bits per heavy atom. The van der Waals surface area contributed by atoms with E-state index in [0.29, 0.717) is 6.54 Å². The van der Waals surface area contributed by atoms with E-state index in [1.165, 1.54) is 7.05 Å². The number of ether oxygens (including phenoxy) is 1. The predicted molar refractivity (Wildman–Crippen MR) is 71.5 cm³/mol. The maximum absolute atomic E-state index is 11.4. The molecular formula is C13H17N3O4. The van der Waals surface area contributed by atoms with E-state index in [1.807, 2.05) is 30.3 Å². The second-order valence-electron chi connectivity index (χ2n) is 4.10. The van der Waals surface area contributed by atoms with E-state index < -0.39 is 12.1 Å². The third-order valence-electron chi connectivity index (χ3n) is 2.46. The molecule has 3 N–H and O–H groups in total. The normalized spacial score (nSPS) is 10.1. The third-order valence-corrected chi connectivity index (χ3v) is 2.46. The molecule has 0 radical (unpaired) electrons. The summed E-state index contributed by atoms with van der Waals surface area (Å²) < 4.78 is 4.26. The molecule has 0 bridgehead atoms. The first-order chi connectivity index (χ1) is 9.51. The topological polar surface area (TPSA) is 102 Å². The van der Waals surface area contributed by atoms with Crippen molar-refractivity contribution in [2.45, 2.75) is 6.54 Å². The van der Waals surface area contributed by atoms with Gasteiger partial charge in [0.1, 0.15) is 0 Å². The molecule has 0 aromatic heterocycles. The van der Waals surface area contributed by atoms with Crippen molar-refractivity contribution in [2.75, 3.05) is 20.1 Å². The number of benzene rings is 1. The van der Waals surface area contributed by atoms with Crippen molar-refractivity contribution >= 4 is 18.0 Å². The van der Waals surface area contributed by atoms with Gasteiger partial charge in [0.15, 0.2) is 0 Å². The molecule has 0 atom stereocenters. The summed E-state index contributed by atoms with van der Waals surface area (Å²) in [5, 5.41) is 2.47. The van der Waals surface area contributed by atoms with Crippen LogP contribution in [-0.4, -0.2) is 43.0 Å². The van der Waals surface area contributed by atoms with E-state index in [1.54, 1.807) is 4.90 Å². The van der Waals surface area contributed by atoms with Gasteiger partial charge in [-0.15, -0.1) is 0 Å². The number of nitrogens with zero attached hydrogens (tertiary/aromatic N) is 1. The molecule has 0 saturated carbocycles. The Kier molecular flexibility index (Phi) is 6.18. The largest absolute Gasteiger partial charge is 0.412 e. The monoisotopic (exact) mass is 279 g/mol. The first-order valence-electron chi connectivity index (χ1n) is 5.98. The highest BCUT2D eigenvalue weighted by Gasteiger charge is 2.16. The van der Waals surface area contributed by atoms with Crippen molar-refractivity contribution in [3.8, 4) is 0 Å². The number of primary amides is 1. The van der Waals surface area contributed by atoms with Crippen molar-refractivity contribution in [3.05, 3.63) is 35.9 Å². The van der Waals surface area contributed by atoms with Crippen LogP contribution in [0.2, 0.25) is 0 Å². The number of hydrogen-bond donors (Lipinski definition) is 2. The average molecular weight is 279 g/mol. The van der Waals surface area contributed by atoms with Crippen molar-refractivity contribution in [1.29, 1.82) is 0 Å². The molecule has 7 nitrogen and oxygen atoms in total. The van der Waals surface area contributed by atoms with Crippen molar-refractivity contribution in [2.24, 2.45) is 5.73 Å². The fourth-order valence-corrected chi connectivity index (χ4v) is 1.62. The van der Waals surface area contributed by atoms with Gasteiger partial charge in [0.05, 0.1) is 13.1 Å². The van der Waals surface area contributed by atoms with Crippen molar-refractivity contribution < 1.29 is 19.1 Å². The number of likely N-dealkylation sites (N-methyl/N-ethyl adjacent to an activating group) is 1. The summed E-state index contributed by atoms with van der Waals surface area (Å²) in [6.07, 6.45) is -1.16. The number of hydrogen-bond acceptors (Lipinski definition) is 5. The smallest absolute Gasteiger partial charge is 0.375 e. The highest BCUT2D eigenvalue weighted by Crippen LogP contribution is 2.04. The zero-order valence-electron chi connectivity index (χ0n) is 11.2. The Balaban J connectivity index is 2.67. The molecule has 0 heterocycles. The van der Waals surface area contributed by atoms with Crippen LogP contribution in [0.25, 0.3) is 0 Å². The summed E-state index contributed by atoms with van der Waals surface area (Å²) in [6.45, 7) is 0.187. The highest BCUT2D eigenvalue weighted by atomic mass is 16.6. The Bertz CT molecular complexity index is 476. The lowest BCUT2D eigenvalue weighted by molar-refractivity contribution is -0.138. The molecule has 0 spiro atoms. The minimum atomic E-state index is -1.16. The Morgan fingerprint density at radius 1 is 1.20 bits per heavy atom. The van der Waals surface area contributed by atoms with Crippen LogP contribution in [0.4, 0.5) is 4.79 Å². The maximum atomic E-state index is 11.4. The van der Waals surface area contributed by atoms with Crippen LogP contribution in [0.3, 0.4) is 0 Å². The first-order valence-corrected chi connectivity index (χ1v) is 5.98. The lowest BCUT2D eigenvalue weighted by atomic mass is 10.2. The van der Waals surface area contributed by atoms with Gasteiger partial charge >= 0.3 is 12.1 Å². The third kappa shape index (κ3) is 5.96. The molecule has 1 aromatic carbocycles. The van der Waals surface area contributed by atoms with E-state index in [2.05, 4.69) is 10.1 Å². The quantitative estimate of drug-likeness (QED) is 0.557. The summed E-state index contributed by atoms with van der Waals surface area (Å²) in [7, 11) is 1.50. The van der Waals surface area contributed by atoms with Gasteiger partial charge in [-0.05, 0) is 5.56 Å². The maximum Gasteiger partial charge on any atom is 0.412 e. The zero-order valence-corrected chi connectivity index (χ0v) is 11.2. The number of nitrogens with one attached hydrogen (secondary N) is 1. The second-order valence-corrected chi connectivity index (χ2v) is 4.10. The van der Waals surface area contributed by atoms with Crippen LogP contribution < -0.4 is 11.1 Å². The predicted octanol–water partition coefficient (Wildman–Crippen LogP) is -0.143. The zero-order chi connectivity index (χ0) is 15.0. The molecule has 0 aliphatic rings. The molecule has 20 heavy (non-hydrogen) atoms. The lowest BCUT2D eigenvalue weighted by Gasteiger charge is -2.20. The molecule has 0 unspecified atom stereocenters. The second kappa shape index (κ2) is 7.90. The molecule has 0 fully saturated rings. The van der Waals surface area contributed by atoms with E-state index in [-0.39, 0.29) is 19.0 Å². The summed E-state index contributed by atoms with van der Waals surface area (Å²) in [5.74, 6) is -1.04. The molecule has 1 aromatic rings. The van der Waals surface area contributed by atoms with Gasteiger partial charge < -0.3 is 15.8 Å². The van der Waals surface area contributed by atoms with E-state index >= 15 is 0 Å². The standard InChI is InChI=1S/C13H17N3O4/c1-15-11(17)8-16(9-12(18)20-13(14)19)7-10-5-3-2-4-6-10/h2-6H,7-9H2,1H3,(H2,14,19)(H,15,17). The summed E-state index contributed by atoms with van der Waals surface area (Å²) in [5.41, 5.74) is 5.70. The number of carbonyl (C=O) groups excluding carboxylic acids is 3. The fourth-order valence-electron chi connectivity index (χ4n) is 1.62. The van der Waals surface area contributed by atoms with Crippen LogP contribution in [0.1, 0.15) is 5.56 Å². The molecule has 0 aliphatic heterocycles. The lowest BCUT2D eigenvalue weighted by Crippen LogP contribution is -2.39. The van der Waals surface area contributed by atoms with Gasteiger partial charge in [0.2, 0.25) is 5.91 Å². The first kappa shape index (κ1) is 15.6. The van der Waals surface area contributed by atoms with Gasteiger partial charge in [-0.25, -0.2) is 4.79 Å². The molecule has 2 amide bonds. The molecule has 1 rings (SSSR count). The van der Waals surface area contributed by atoms with Crippen molar-refractivity contribution in [1.82, 2.24) is 10.2 Å². The average Bonchev–Trinajstić information content (AvgIpc) is 2.38. The SMILES string of the molecule is CNC(=O)CN(CC(=O)OC(N)=O)Cc1ccccc1. The molecule has 0 aliphatic carbocycles. The summed E-state index contributed by atoms with van der Waals surface area (Å²) >= 11 is 0. The van der Waals surface area contributed by atoms with Crippen molar-refractivity contribution in [3.63, 3.8) is 0 Å². The highest BCUT2D eigenvalue weighted by molar-refractivity contribution is 5.85. The molecule has 108 valence electrons. The Labute approximate surface area is 116 Å². The minimum Gasteiger partial charge on any atom is -0.375 e. The number of nitrogens with two attached hydrogens (primary N) is 1. The molecule has 7 heteroatoms. The number of carbonyl (C=O) groups is 3. The summed E-state index contributed by atoms with van der Waals surface area (Å²) in [6, 6.07) is 9.32. The van der Waals surface area contributed by atoms with Crippen LogP contribution >= 0.6 is 0 Å². The Hall–Kier alpha value is -2.41. The van der Waals surface area contributed by atoms with Gasteiger partial charge in [-0.2, -0.15) is 0 Å². The minimum absolute atomic E-state index is 0.0132. The Morgan fingerprint density at radius 3 is 2.40 bits per heavy atom. The van der Waals surface area contributed by atoms with Gasteiger partial charge in [-0.1, -0.05) is 30.3 Å².